The molecule has 0 aliphatic carbocycles. The van der Waals surface area contributed by atoms with Crippen LogP contribution in [0, 0.1) is 6.92 Å². The van der Waals surface area contributed by atoms with Gasteiger partial charge < -0.3 is 15.4 Å². The molecule has 1 aliphatic heterocycles. The monoisotopic (exact) mass is 338 g/mol. The molecular formula is C21H26N2O2. The Hall–Kier alpha value is -2.33. The van der Waals surface area contributed by atoms with Gasteiger partial charge >= 0.3 is 0 Å². The number of ether oxygens (including phenoxy) is 1. The zero-order valence-corrected chi connectivity index (χ0v) is 14.8. The van der Waals surface area contributed by atoms with Gasteiger partial charge in [-0.15, -0.1) is 0 Å². The lowest BCUT2D eigenvalue weighted by atomic mass is 10.1. The Kier molecular flexibility index (Phi) is 6.07. The van der Waals surface area contributed by atoms with Gasteiger partial charge in [-0.1, -0.05) is 35.9 Å². The molecule has 1 atom stereocenters. The molecule has 0 saturated carbocycles. The molecule has 25 heavy (non-hydrogen) atoms. The molecule has 1 aliphatic rings. The number of hydrogen-bond donors (Lipinski definition) is 2. The van der Waals surface area contributed by atoms with Gasteiger partial charge in [0.1, 0.15) is 11.9 Å². The van der Waals surface area contributed by atoms with Gasteiger partial charge in [-0.2, -0.15) is 0 Å². The van der Waals surface area contributed by atoms with Crippen LogP contribution in [0.2, 0.25) is 0 Å². The number of carbonyl (C=O) groups excluding carboxylic acids is 1. The lowest BCUT2D eigenvalue weighted by molar-refractivity contribution is 0.0953. The number of nitrogens with one attached hydrogen (secondary N) is 2. The molecule has 0 radical (unpaired) electrons. The molecule has 132 valence electrons. The molecule has 1 unspecified atom stereocenters. The lowest BCUT2D eigenvalue weighted by Gasteiger charge is -2.12. The molecule has 0 saturated heterocycles. The Morgan fingerprint density at radius 3 is 2.64 bits per heavy atom. The van der Waals surface area contributed by atoms with Gasteiger partial charge in [0.05, 0.1) is 0 Å². The van der Waals surface area contributed by atoms with Crippen molar-refractivity contribution in [2.75, 3.05) is 19.6 Å². The van der Waals surface area contributed by atoms with Crippen LogP contribution in [0.25, 0.3) is 0 Å². The van der Waals surface area contributed by atoms with Crippen molar-refractivity contribution in [1.82, 2.24) is 10.6 Å². The highest BCUT2D eigenvalue weighted by Crippen LogP contribution is 2.27. The van der Waals surface area contributed by atoms with Crippen LogP contribution in [0.4, 0.5) is 0 Å². The van der Waals surface area contributed by atoms with Crippen LogP contribution in [0.1, 0.15) is 34.3 Å². The summed E-state index contributed by atoms with van der Waals surface area (Å²) in [5, 5.41) is 6.42. The highest BCUT2D eigenvalue weighted by molar-refractivity contribution is 5.94. The SMILES string of the molecule is Cc1ccc(C(=O)NCCCCNCC2Cc3ccccc3O2)cc1. The average molecular weight is 338 g/mol. The Bertz CT molecular complexity index is 672. The van der Waals surface area contributed by atoms with E-state index in [0.29, 0.717) is 6.54 Å². The molecule has 2 aromatic carbocycles. The maximum absolute atomic E-state index is 12.0. The van der Waals surface area contributed by atoms with Gasteiger partial charge in [0, 0.05) is 25.1 Å². The normalized spacial score (nSPS) is 15.5. The Balaban J connectivity index is 1.24. The first-order chi connectivity index (χ1) is 12.2. The summed E-state index contributed by atoms with van der Waals surface area (Å²) >= 11 is 0. The number of para-hydroxylation sites is 1. The number of aryl methyl sites for hydroxylation is 1. The molecule has 0 spiro atoms. The van der Waals surface area contributed by atoms with Crippen molar-refractivity contribution >= 4 is 5.91 Å². The summed E-state index contributed by atoms with van der Waals surface area (Å²) in [4.78, 5) is 12.0. The minimum Gasteiger partial charge on any atom is -0.488 e. The largest absolute Gasteiger partial charge is 0.488 e. The summed E-state index contributed by atoms with van der Waals surface area (Å²) in [5.41, 5.74) is 3.19. The topological polar surface area (TPSA) is 50.4 Å². The van der Waals surface area contributed by atoms with Crippen LogP contribution in [0.3, 0.4) is 0 Å². The van der Waals surface area contributed by atoms with Crippen LogP contribution in [0.5, 0.6) is 5.75 Å². The molecule has 3 rings (SSSR count). The predicted octanol–water partition coefficient (Wildman–Crippen LogP) is 3.10. The molecular weight excluding hydrogens is 312 g/mol. The fourth-order valence-corrected chi connectivity index (χ4v) is 3.01. The van der Waals surface area contributed by atoms with E-state index in [4.69, 9.17) is 4.74 Å². The summed E-state index contributed by atoms with van der Waals surface area (Å²) in [6, 6.07) is 15.9. The summed E-state index contributed by atoms with van der Waals surface area (Å²) < 4.78 is 5.90. The van der Waals surface area contributed by atoms with Gasteiger partial charge in [0.15, 0.2) is 0 Å². The summed E-state index contributed by atoms with van der Waals surface area (Å²) in [6.07, 6.45) is 3.22. The molecule has 0 fully saturated rings. The van der Waals surface area contributed by atoms with Gasteiger partial charge in [-0.25, -0.2) is 0 Å². The standard InChI is InChI=1S/C21H26N2O2/c1-16-8-10-17(11-9-16)21(24)23-13-5-4-12-22-15-19-14-18-6-2-3-7-20(18)25-19/h2-3,6-11,19,22H,4-5,12-15H2,1H3,(H,23,24). The number of benzene rings is 2. The molecule has 0 bridgehead atoms. The minimum atomic E-state index is 0.00470. The first-order valence-corrected chi connectivity index (χ1v) is 9.02. The van der Waals surface area contributed by atoms with Crippen molar-refractivity contribution in [2.24, 2.45) is 0 Å². The van der Waals surface area contributed by atoms with Crippen LogP contribution in [-0.4, -0.2) is 31.6 Å². The fraction of sp³-hybridized carbons (Fsp3) is 0.381. The average Bonchev–Trinajstić information content (AvgIpc) is 3.04. The van der Waals surface area contributed by atoms with E-state index in [1.807, 2.05) is 43.3 Å². The van der Waals surface area contributed by atoms with Crippen molar-refractivity contribution in [3.05, 3.63) is 65.2 Å². The van der Waals surface area contributed by atoms with E-state index in [1.165, 1.54) is 5.56 Å². The number of rotatable bonds is 8. The number of carbonyl (C=O) groups is 1. The second-order valence-electron chi connectivity index (χ2n) is 6.58. The second-order valence-corrected chi connectivity index (χ2v) is 6.58. The predicted molar refractivity (Wildman–Crippen MR) is 100 cm³/mol. The van der Waals surface area contributed by atoms with Gasteiger partial charge in [0.25, 0.3) is 5.91 Å². The van der Waals surface area contributed by atoms with E-state index in [2.05, 4.69) is 22.8 Å². The van der Waals surface area contributed by atoms with Crippen LogP contribution >= 0.6 is 0 Å². The zero-order chi connectivity index (χ0) is 17.5. The summed E-state index contributed by atoms with van der Waals surface area (Å²) in [7, 11) is 0. The van der Waals surface area contributed by atoms with Crippen molar-refractivity contribution in [2.45, 2.75) is 32.3 Å². The van der Waals surface area contributed by atoms with Crippen LogP contribution in [-0.2, 0) is 6.42 Å². The third kappa shape index (κ3) is 5.07. The fourth-order valence-electron chi connectivity index (χ4n) is 3.01. The molecule has 2 aromatic rings. The van der Waals surface area contributed by atoms with Crippen LogP contribution < -0.4 is 15.4 Å². The maximum Gasteiger partial charge on any atom is 0.251 e. The molecule has 4 heteroatoms. The third-order valence-electron chi connectivity index (χ3n) is 4.47. The number of amides is 1. The van der Waals surface area contributed by atoms with Gasteiger partial charge in [-0.05, 0) is 50.1 Å². The first-order valence-electron chi connectivity index (χ1n) is 9.02. The van der Waals surface area contributed by atoms with E-state index in [9.17, 15) is 4.79 Å². The van der Waals surface area contributed by atoms with E-state index < -0.39 is 0 Å². The van der Waals surface area contributed by atoms with E-state index in [1.54, 1.807) is 0 Å². The number of fused-ring (bicyclic) bond motifs is 1. The van der Waals surface area contributed by atoms with Crippen molar-refractivity contribution in [3.63, 3.8) is 0 Å². The van der Waals surface area contributed by atoms with Crippen molar-refractivity contribution < 1.29 is 9.53 Å². The summed E-state index contributed by atoms with van der Waals surface area (Å²) in [5.74, 6) is 1.03. The van der Waals surface area contributed by atoms with Crippen molar-refractivity contribution in [3.8, 4) is 5.75 Å². The molecule has 1 amide bonds. The molecule has 0 aromatic heterocycles. The quantitative estimate of drug-likeness (QED) is 0.727. The lowest BCUT2D eigenvalue weighted by Crippen LogP contribution is -2.31. The molecule has 4 nitrogen and oxygen atoms in total. The first kappa shape index (κ1) is 17.5. The minimum absolute atomic E-state index is 0.00470. The number of hydrogen-bond acceptors (Lipinski definition) is 3. The van der Waals surface area contributed by atoms with Crippen molar-refractivity contribution in [1.29, 1.82) is 0 Å². The number of unbranched alkanes of at least 4 members (excludes halogenated alkanes) is 1. The Morgan fingerprint density at radius 2 is 1.84 bits per heavy atom. The van der Waals surface area contributed by atoms with Gasteiger partial charge in [-0.3, -0.25) is 4.79 Å². The molecule has 2 N–H and O–H groups in total. The highest BCUT2D eigenvalue weighted by atomic mass is 16.5. The van der Waals surface area contributed by atoms with E-state index >= 15 is 0 Å². The van der Waals surface area contributed by atoms with Crippen LogP contribution in [0.15, 0.2) is 48.5 Å². The zero-order valence-electron chi connectivity index (χ0n) is 14.8. The third-order valence-corrected chi connectivity index (χ3v) is 4.47. The summed E-state index contributed by atoms with van der Waals surface area (Å²) in [6.45, 7) is 4.53. The second kappa shape index (κ2) is 8.67. The molecule has 1 heterocycles. The Morgan fingerprint density at radius 1 is 1.08 bits per heavy atom. The Labute approximate surface area is 149 Å². The smallest absolute Gasteiger partial charge is 0.251 e. The van der Waals surface area contributed by atoms with E-state index in [-0.39, 0.29) is 12.0 Å². The van der Waals surface area contributed by atoms with Gasteiger partial charge in [0.2, 0.25) is 0 Å². The maximum atomic E-state index is 12.0. The highest BCUT2D eigenvalue weighted by Gasteiger charge is 2.21. The van der Waals surface area contributed by atoms with E-state index in [0.717, 1.165) is 49.2 Å².